The molecular weight excluding hydrogens is 362 g/mol. The number of halogens is 1. The number of ether oxygens (including phenoxy) is 1. The van der Waals surface area contributed by atoms with E-state index < -0.39 is 15.1 Å². The van der Waals surface area contributed by atoms with Gasteiger partial charge in [-0.25, -0.2) is 13.2 Å². The van der Waals surface area contributed by atoms with Gasteiger partial charge < -0.3 is 10.1 Å². The van der Waals surface area contributed by atoms with E-state index in [0.717, 1.165) is 22.3 Å². The average Bonchev–Trinajstić information content (AvgIpc) is 2.51. The van der Waals surface area contributed by atoms with E-state index >= 15 is 0 Å². The molecule has 0 atom stereocenters. The van der Waals surface area contributed by atoms with Crippen LogP contribution in [0.4, 0.5) is 4.79 Å². The van der Waals surface area contributed by atoms with Crippen molar-refractivity contribution in [3.8, 4) is 0 Å². The van der Waals surface area contributed by atoms with Crippen molar-refractivity contribution in [1.29, 1.82) is 0 Å². The molecule has 0 aliphatic heterocycles. The van der Waals surface area contributed by atoms with Gasteiger partial charge in [-0.2, -0.15) is 0 Å². The molecule has 2 aromatic rings. The minimum Gasteiger partial charge on any atom is -0.445 e. The van der Waals surface area contributed by atoms with Gasteiger partial charge >= 0.3 is 6.09 Å². The molecule has 0 unspecified atom stereocenters. The molecule has 2 aromatic carbocycles. The minimum absolute atomic E-state index is 0.206. The van der Waals surface area contributed by atoms with Crippen LogP contribution in [-0.2, 0) is 32.7 Å². The lowest BCUT2D eigenvalue weighted by Gasteiger charge is -2.13. The van der Waals surface area contributed by atoms with Gasteiger partial charge in [-0.05, 0) is 41.7 Å². The summed E-state index contributed by atoms with van der Waals surface area (Å²) < 4.78 is 27.6. The summed E-state index contributed by atoms with van der Waals surface area (Å²) in [5.74, 6) is -0.219. The van der Waals surface area contributed by atoms with Crippen LogP contribution >= 0.6 is 10.7 Å². The topological polar surface area (TPSA) is 72.5 Å². The second-order valence-electron chi connectivity index (χ2n) is 5.81. The first kappa shape index (κ1) is 19.3. The van der Waals surface area contributed by atoms with Gasteiger partial charge in [-0.3, -0.25) is 0 Å². The normalized spacial score (nSPS) is 11.2. The zero-order valence-electron chi connectivity index (χ0n) is 14.1. The smallest absolute Gasteiger partial charge is 0.407 e. The Morgan fingerprint density at radius 2 is 1.68 bits per heavy atom. The monoisotopic (exact) mass is 381 g/mol. The maximum atomic E-state index is 11.8. The van der Waals surface area contributed by atoms with Gasteiger partial charge in [0.25, 0.3) is 0 Å². The fourth-order valence-corrected chi connectivity index (χ4v) is 3.52. The molecule has 0 fully saturated rings. The van der Waals surface area contributed by atoms with Gasteiger partial charge in [0.2, 0.25) is 9.05 Å². The maximum Gasteiger partial charge on any atom is 0.407 e. The summed E-state index contributed by atoms with van der Waals surface area (Å²) in [6, 6.07) is 12.9. The van der Waals surface area contributed by atoms with Gasteiger partial charge in [0.15, 0.2) is 0 Å². The van der Waals surface area contributed by atoms with Crippen molar-refractivity contribution in [3.05, 3.63) is 70.3 Å². The number of amides is 1. The molecule has 5 nitrogen and oxygen atoms in total. The number of rotatable bonds is 6. The van der Waals surface area contributed by atoms with E-state index in [4.69, 9.17) is 15.4 Å². The molecule has 0 aliphatic carbocycles. The van der Waals surface area contributed by atoms with Crippen LogP contribution in [-0.4, -0.2) is 14.5 Å². The van der Waals surface area contributed by atoms with Gasteiger partial charge in [-0.1, -0.05) is 42.5 Å². The summed E-state index contributed by atoms with van der Waals surface area (Å²) in [5.41, 5.74) is 4.24. The van der Waals surface area contributed by atoms with Crippen molar-refractivity contribution in [3.63, 3.8) is 0 Å². The SMILES string of the molecule is Cc1cc(CS(=O)(=O)Cl)cc(C)c1CNC(=O)OCc1ccccc1. The summed E-state index contributed by atoms with van der Waals surface area (Å²) in [5, 5.41) is 2.71. The molecule has 0 saturated heterocycles. The van der Waals surface area contributed by atoms with E-state index in [-0.39, 0.29) is 12.4 Å². The van der Waals surface area contributed by atoms with Crippen molar-refractivity contribution in [2.24, 2.45) is 0 Å². The first-order valence-corrected chi connectivity index (χ1v) is 10.2. The first-order chi connectivity index (χ1) is 11.7. The summed E-state index contributed by atoms with van der Waals surface area (Å²) in [6.45, 7) is 4.24. The van der Waals surface area contributed by atoms with Crippen LogP contribution in [0.2, 0.25) is 0 Å². The standard InChI is InChI=1S/C18H20ClNO4S/c1-13-8-16(12-25(19,22)23)9-14(2)17(13)10-20-18(21)24-11-15-6-4-3-5-7-15/h3-9H,10-12H2,1-2H3,(H,20,21). The Kier molecular flexibility index (Phi) is 6.45. The largest absolute Gasteiger partial charge is 0.445 e. The highest BCUT2D eigenvalue weighted by Gasteiger charge is 2.12. The summed E-state index contributed by atoms with van der Waals surface area (Å²) in [4.78, 5) is 11.8. The van der Waals surface area contributed by atoms with Gasteiger partial charge in [0.05, 0.1) is 5.75 Å². The predicted octanol–water partition coefficient (Wildman–Crippen LogP) is 3.80. The Bertz CT molecular complexity index is 828. The number of aryl methyl sites for hydroxylation is 2. The summed E-state index contributed by atoms with van der Waals surface area (Å²) >= 11 is 0. The molecule has 0 bridgehead atoms. The second kappa shape index (κ2) is 8.36. The Morgan fingerprint density at radius 1 is 1.08 bits per heavy atom. The Morgan fingerprint density at radius 3 is 2.24 bits per heavy atom. The zero-order valence-corrected chi connectivity index (χ0v) is 15.7. The fourth-order valence-electron chi connectivity index (χ4n) is 2.58. The van der Waals surface area contributed by atoms with E-state index in [1.54, 1.807) is 12.1 Å². The van der Waals surface area contributed by atoms with Crippen LogP contribution < -0.4 is 5.32 Å². The highest BCUT2D eigenvalue weighted by atomic mass is 35.7. The molecular formula is C18H20ClNO4S. The number of hydrogen-bond acceptors (Lipinski definition) is 4. The van der Waals surface area contributed by atoms with Gasteiger partial charge in [0, 0.05) is 17.2 Å². The number of carbonyl (C=O) groups excluding carboxylic acids is 1. The molecule has 134 valence electrons. The van der Waals surface area contributed by atoms with E-state index in [0.29, 0.717) is 12.1 Å². The van der Waals surface area contributed by atoms with E-state index in [9.17, 15) is 13.2 Å². The molecule has 1 N–H and O–H groups in total. The molecule has 7 heteroatoms. The van der Waals surface area contributed by atoms with Crippen LogP contribution in [0, 0.1) is 13.8 Å². The molecule has 0 heterocycles. The summed E-state index contributed by atoms with van der Waals surface area (Å²) in [7, 11) is 1.70. The zero-order chi connectivity index (χ0) is 18.4. The lowest BCUT2D eigenvalue weighted by atomic mass is 10.00. The molecule has 25 heavy (non-hydrogen) atoms. The van der Waals surface area contributed by atoms with Crippen molar-refractivity contribution >= 4 is 25.8 Å². The molecule has 1 amide bonds. The Labute approximate surface area is 152 Å². The number of alkyl carbamates (subject to hydrolysis) is 1. The Balaban J connectivity index is 1.95. The first-order valence-electron chi connectivity index (χ1n) is 7.70. The molecule has 0 spiro atoms. The number of hydrogen-bond donors (Lipinski definition) is 1. The quantitative estimate of drug-likeness (QED) is 0.772. The molecule has 0 aromatic heterocycles. The lowest BCUT2D eigenvalue weighted by molar-refractivity contribution is 0.139. The predicted molar refractivity (Wildman–Crippen MR) is 97.9 cm³/mol. The van der Waals surface area contributed by atoms with E-state index in [2.05, 4.69) is 5.32 Å². The molecule has 0 saturated carbocycles. The van der Waals surface area contributed by atoms with Crippen LogP contribution in [0.5, 0.6) is 0 Å². The highest BCUT2D eigenvalue weighted by Crippen LogP contribution is 2.19. The van der Waals surface area contributed by atoms with Crippen molar-refractivity contribution < 1.29 is 17.9 Å². The Hall–Kier alpha value is -2.05. The minimum atomic E-state index is -3.60. The molecule has 0 aliphatic rings. The third-order valence-corrected chi connectivity index (χ3v) is 4.72. The fraction of sp³-hybridized carbons (Fsp3) is 0.278. The van der Waals surface area contributed by atoms with E-state index in [1.165, 1.54) is 0 Å². The average molecular weight is 382 g/mol. The number of carbonyl (C=O) groups is 1. The lowest BCUT2D eigenvalue weighted by Crippen LogP contribution is -2.24. The number of nitrogens with one attached hydrogen (secondary N) is 1. The third-order valence-electron chi connectivity index (χ3n) is 3.72. The van der Waals surface area contributed by atoms with E-state index in [1.807, 2.05) is 44.2 Å². The molecule has 0 radical (unpaired) electrons. The van der Waals surface area contributed by atoms with Gasteiger partial charge in [0.1, 0.15) is 6.61 Å². The van der Waals surface area contributed by atoms with Crippen molar-refractivity contribution in [2.75, 3.05) is 0 Å². The van der Waals surface area contributed by atoms with Crippen LogP contribution in [0.15, 0.2) is 42.5 Å². The molecule has 2 rings (SSSR count). The summed E-state index contributed by atoms with van der Waals surface area (Å²) in [6.07, 6.45) is -0.505. The maximum absolute atomic E-state index is 11.8. The van der Waals surface area contributed by atoms with Crippen LogP contribution in [0.3, 0.4) is 0 Å². The van der Waals surface area contributed by atoms with Crippen molar-refractivity contribution in [2.45, 2.75) is 32.8 Å². The van der Waals surface area contributed by atoms with Gasteiger partial charge in [-0.15, -0.1) is 0 Å². The van der Waals surface area contributed by atoms with Crippen LogP contribution in [0.25, 0.3) is 0 Å². The third kappa shape index (κ3) is 6.40. The van der Waals surface area contributed by atoms with Crippen molar-refractivity contribution in [1.82, 2.24) is 5.32 Å². The number of benzene rings is 2. The highest BCUT2D eigenvalue weighted by molar-refractivity contribution is 8.13. The second-order valence-corrected chi connectivity index (χ2v) is 8.58. The van der Waals surface area contributed by atoms with Crippen LogP contribution in [0.1, 0.15) is 27.8 Å².